The molecule has 1 N–H and O–H groups in total. The highest BCUT2D eigenvalue weighted by Crippen LogP contribution is 2.24. The van der Waals surface area contributed by atoms with Crippen molar-refractivity contribution in [3.8, 4) is 23.2 Å². The van der Waals surface area contributed by atoms with E-state index in [1.165, 1.54) is 0 Å². The molecule has 0 spiro atoms. The molecular weight excluding hydrogens is 258 g/mol. The first kappa shape index (κ1) is 14.0. The molecule has 0 aliphatic rings. The first-order valence-electron chi connectivity index (χ1n) is 6.16. The number of methoxy groups -OCH3 is 1. The molecule has 2 aromatic rings. The molecule has 0 radical (unpaired) electrons. The summed E-state index contributed by atoms with van der Waals surface area (Å²) in [6.45, 7) is 1.93. The van der Waals surface area contributed by atoms with E-state index in [9.17, 15) is 5.11 Å². The molecule has 6 nitrogen and oxygen atoms in total. The molecule has 0 saturated heterocycles. The number of nitrogens with zero attached hydrogens (tertiary/aromatic N) is 3. The van der Waals surface area contributed by atoms with Crippen LogP contribution in [0.15, 0.2) is 22.7 Å². The van der Waals surface area contributed by atoms with Gasteiger partial charge in [-0.2, -0.15) is 10.2 Å². The van der Waals surface area contributed by atoms with Crippen LogP contribution in [0.2, 0.25) is 0 Å². The lowest BCUT2D eigenvalue weighted by atomic mass is 10.1. The summed E-state index contributed by atoms with van der Waals surface area (Å²) in [6.07, 6.45) is -0.569. The average Bonchev–Trinajstić information content (AvgIpc) is 2.87. The van der Waals surface area contributed by atoms with Crippen LogP contribution in [0.3, 0.4) is 0 Å². The maximum Gasteiger partial charge on any atom is 0.229 e. The topological polar surface area (TPSA) is 92.2 Å². The van der Waals surface area contributed by atoms with Crippen LogP contribution < -0.4 is 4.74 Å². The van der Waals surface area contributed by atoms with Gasteiger partial charge in [-0.1, -0.05) is 5.16 Å². The molecule has 0 bridgehead atoms. The van der Waals surface area contributed by atoms with E-state index in [4.69, 9.17) is 14.5 Å². The van der Waals surface area contributed by atoms with Gasteiger partial charge in [-0.3, -0.25) is 0 Å². The highest BCUT2D eigenvalue weighted by Gasteiger charge is 2.13. The third kappa shape index (κ3) is 3.13. The number of benzene rings is 1. The molecule has 104 valence electrons. The van der Waals surface area contributed by atoms with Crippen LogP contribution in [0, 0.1) is 18.3 Å². The van der Waals surface area contributed by atoms with Gasteiger partial charge in [-0.15, -0.1) is 0 Å². The van der Waals surface area contributed by atoms with Crippen molar-refractivity contribution < 1.29 is 14.4 Å². The van der Waals surface area contributed by atoms with Gasteiger partial charge in [0.25, 0.3) is 0 Å². The second-order valence-electron chi connectivity index (χ2n) is 4.42. The molecule has 0 aliphatic carbocycles. The zero-order chi connectivity index (χ0) is 14.5. The summed E-state index contributed by atoms with van der Waals surface area (Å²) in [7, 11) is 1.62. The summed E-state index contributed by atoms with van der Waals surface area (Å²) in [5.74, 6) is 1.56. The molecule has 0 saturated carbocycles. The van der Waals surface area contributed by atoms with Gasteiger partial charge in [0, 0.05) is 5.56 Å². The van der Waals surface area contributed by atoms with Crippen molar-refractivity contribution in [1.82, 2.24) is 10.1 Å². The van der Waals surface area contributed by atoms with E-state index < -0.39 is 6.10 Å². The Morgan fingerprint density at radius 1 is 1.50 bits per heavy atom. The Balaban J connectivity index is 2.16. The van der Waals surface area contributed by atoms with Gasteiger partial charge in [0.05, 0.1) is 32.1 Å². The molecule has 1 atom stereocenters. The summed E-state index contributed by atoms with van der Waals surface area (Å²) in [6, 6.07) is 7.47. The number of aromatic nitrogens is 2. The van der Waals surface area contributed by atoms with Crippen LogP contribution in [-0.2, 0) is 6.42 Å². The minimum atomic E-state index is -0.786. The Kier molecular flexibility index (Phi) is 4.33. The lowest BCUT2D eigenvalue weighted by molar-refractivity contribution is 0.167. The molecule has 20 heavy (non-hydrogen) atoms. The zero-order valence-corrected chi connectivity index (χ0v) is 11.3. The van der Waals surface area contributed by atoms with Crippen molar-refractivity contribution in [2.24, 2.45) is 0 Å². The van der Waals surface area contributed by atoms with E-state index in [-0.39, 0.29) is 12.8 Å². The van der Waals surface area contributed by atoms with Crippen molar-refractivity contribution in [3.05, 3.63) is 29.7 Å². The van der Waals surface area contributed by atoms with E-state index in [1.54, 1.807) is 7.11 Å². The van der Waals surface area contributed by atoms with Crippen LogP contribution in [0.5, 0.6) is 5.75 Å². The van der Waals surface area contributed by atoms with E-state index in [0.29, 0.717) is 11.7 Å². The van der Waals surface area contributed by atoms with Gasteiger partial charge in [0.2, 0.25) is 11.7 Å². The summed E-state index contributed by atoms with van der Waals surface area (Å²) < 4.78 is 10.3. The highest BCUT2D eigenvalue weighted by molar-refractivity contribution is 5.58. The standard InChI is InChI=1S/C14H15N3O3/c1-9-7-10(3-4-12(9)19-2)14-16-13(20-17-14)8-11(18)5-6-15/h3-4,7,11,18H,5,8H2,1-2H3. The normalized spacial score (nSPS) is 11.9. The van der Waals surface area contributed by atoms with Crippen LogP contribution in [0.4, 0.5) is 0 Å². The number of hydrogen-bond donors (Lipinski definition) is 1. The van der Waals surface area contributed by atoms with Crippen molar-refractivity contribution in [2.75, 3.05) is 7.11 Å². The highest BCUT2D eigenvalue weighted by atomic mass is 16.5. The molecule has 1 heterocycles. The second kappa shape index (κ2) is 6.17. The number of hydrogen-bond acceptors (Lipinski definition) is 6. The third-order valence-corrected chi connectivity index (χ3v) is 2.86. The van der Waals surface area contributed by atoms with E-state index in [1.807, 2.05) is 31.2 Å². The zero-order valence-electron chi connectivity index (χ0n) is 11.3. The molecule has 1 unspecified atom stereocenters. The van der Waals surface area contributed by atoms with Crippen molar-refractivity contribution in [2.45, 2.75) is 25.9 Å². The fraction of sp³-hybridized carbons (Fsp3) is 0.357. The summed E-state index contributed by atoms with van der Waals surface area (Å²) in [4.78, 5) is 4.21. The van der Waals surface area contributed by atoms with Crippen molar-refractivity contribution in [1.29, 1.82) is 5.26 Å². The monoisotopic (exact) mass is 273 g/mol. The summed E-state index contributed by atoms with van der Waals surface area (Å²) in [5.41, 5.74) is 1.79. The minimum Gasteiger partial charge on any atom is -0.496 e. The molecule has 1 aromatic heterocycles. The van der Waals surface area contributed by atoms with Crippen LogP contribution in [0.25, 0.3) is 11.4 Å². The maximum atomic E-state index is 9.53. The fourth-order valence-electron chi connectivity index (χ4n) is 1.85. The predicted molar refractivity (Wildman–Crippen MR) is 71.0 cm³/mol. The van der Waals surface area contributed by atoms with Crippen LogP contribution in [-0.4, -0.2) is 28.5 Å². The molecular formula is C14H15N3O3. The lowest BCUT2D eigenvalue weighted by Gasteiger charge is -2.04. The Bertz CT molecular complexity index is 631. The van der Waals surface area contributed by atoms with E-state index in [2.05, 4.69) is 10.1 Å². The first-order chi connectivity index (χ1) is 9.63. The SMILES string of the molecule is COc1ccc(-c2noc(CC(O)CC#N)n2)cc1C. The molecule has 0 fully saturated rings. The predicted octanol–water partition coefficient (Wildman–Crippen LogP) is 1.87. The second-order valence-corrected chi connectivity index (χ2v) is 4.42. The van der Waals surface area contributed by atoms with Crippen molar-refractivity contribution in [3.63, 3.8) is 0 Å². The van der Waals surface area contributed by atoms with E-state index in [0.717, 1.165) is 16.9 Å². The first-order valence-corrected chi connectivity index (χ1v) is 6.16. The van der Waals surface area contributed by atoms with Gasteiger partial charge in [0.1, 0.15) is 5.75 Å². The Morgan fingerprint density at radius 3 is 2.95 bits per heavy atom. The third-order valence-electron chi connectivity index (χ3n) is 2.86. The lowest BCUT2D eigenvalue weighted by Crippen LogP contribution is -2.09. The van der Waals surface area contributed by atoms with Gasteiger partial charge >= 0.3 is 0 Å². The largest absolute Gasteiger partial charge is 0.496 e. The Hall–Kier alpha value is -2.39. The number of nitriles is 1. The number of aliphatic hydroxyl groups excluding tert-OH is 1. The van der Waals surface area contributed by atoms with Gasteiger partial charge in [0.15, 0.2) is 0 Å². The molecule has 0 aliphatic heterocycles. The summed E-state index contributed by atoms with van der Waals surface area (Å²) in [5, 5.41) is 21.9. The Morgan fingerprint density at radius 2 is 2.30 bits per heavy atom. The van der Waals surface area contributed by atoms with Gasteiger partial charge < -0.3 is 14.4 Å². The molecule has 1 aromatic carbocycles. The van der Waals surface area contributed by atoms with E-state index >= 15 is 0 Å². The smallest absolute Gasteiger partial charge is 0.229 e. The molecule has 6 heteroatoms. The number of ether oxygens (including phenoxy) is 1. The van der Waals surface area contributed by atoms with Gasteiger partial charge in [-0.05, 0) is 30.7 Å². The van der Waals surface area contributed by atoms with Crippen LogP contribution >= 0.6 is 0 Å². The Labute approximate surface area is 116 Å². The van der Waals surface area contributed by atoms with Gasteiger partial charge in [-0.25, -0.2) is 0 Å². The fourth-order valence-corrected chi connectivity index (χ4v) is 1.85. The van der Waals surface area contributed by atoms with Crippen molar-refractivity contribution >= 4 is 0 Å². The summed E-state index contributed by atoms with van der Waals surface area (Å²) >= 11 is 0. The number of rotatable bonds is 5. The molecule has 2 rings (SSSR count). The average molecular weight is 273 g/mol. The number of aliphatic hydroxyl groups is 1. The quantitative estimate of drug-likeness (QED) is 0.894. The van der Waals surface area contributed by atoms with Crippen LogP contribution in [0.1, 0.15) is 17.9 Å². The molecule has 0 amide bonds. The number of aryl methyl sites for hydroxylation is 1. The minimum absolute atomic E-state index is 0.0410. The maximum absolute atomic E-state index is 9.53.